The SMILES string of the molecule is CC(C)[C@@H]1N(c2ncc([N+](=O)[O-])cn2)CC12CCCC2. The van der Waals surface area contributed by atoms with E-state index in [1.54, 1.807) is 0 Å². The van der Waals surface area contributed by atoms with Crippen molar-refractivity contribution in [2.24, 2.45) is 11.3 Å². The van der Waals surface area contributed by atoms with Crippen LogP contribution in [0, 0.1) is 21.4 Å². The highest BCUT2D eigenvalue weighted by Crippen LogP contribution is 2.53. The Morgan fingerprint density at radius 2 is 1.95 bits per heavy atom. The number of hydrogen-bond acceptors (Lipinski definition) is 5. The molecule has 0 unspecified atom stereocenters. The molecule has 1 spiro atoms. The minimum atomic E-state index is -0.460. The van der Waals surface area contributed by atoms with Gasteiger partial charge in [0.15, 0.2) is 0 Å². The fourth-order valence-electron chi connectivity index (χ4n) is 4.10. The first-order valence-electron chi connectivity index (χ1n) is 7.27. The maximum Gasteiger partial charge on any atom is 0.305 e. The van der Waals surface area contributed by atoms with Gasteiger partial charge in [0.1, 0.15) is 12.4 Å². The van der Waals surface area contributed by atoms with Crippen LogP contribution < -0.4 is 4.90 Å². The lowest BCUT2D eigenvalue weighted by Gasteiger charge is -2.58. The summed E-state index contributed by atoms with van der Waals surface area (Å²) in [5.74, 6) is 1.17. The highest BCUT2D eigenvalue weighted by Gasteiger charge is 2.55. The summed E-state index contributed by atoms with van der Waals surface area (Å²) in [4.78, 5) is 20.8. The molecule has 2 aliphatic rings. The minimum absolute atomic E-state index is 0.0500. The van der Waals surface area contributed by atoms with E-state index in [2.05, 4.69) is 28.7 Å². The van der Waals surface area contributed by atoms with Crippen LogP contribution in [0.1, 0.15) is 39.5 Å². The van der Waals surface area contributed by atoms with Crippen molar-refractivity contribution in [1.29, 1.82) is 0 Å². The Kier molecular flexibility index (Phi) is 3.11. The van der Waals surface area contributed by atoms with Gasteiger partial charge in [0, 0.05) is 18.0 Å². The first-order chi connectivity index (χ1) is 9.53. The molecule has 2 heterocycles. The van der Waals surface area contributed by atoms with Crippen LogP contribution in [0.25, 0.3) is 0 Å². The summed E-state index contributed by atoms with van der Waals surface area (Å²) >= 11 is 0. The second kappa shape index (κ2) is 4.68. The predicted molar refractivity (Wildman–Crippen MR) is 75.6 cm³/mol. The van der Waals surface area contributed by atoms with Gasteiger partial charge < -0.3 is 4.90 Å². The van der Waals surface area contributed by atoms with Crippen molar-refractivity contribution in [3.63, 3.8) is 0 Å². The average molecular weight is 276 g/mol. The maximum atomic E-state index is 10.7. The van der Waals surface area contributed by atoms with Gasteiger partial charge in [0.25, 0.3) is 0 Å². The molecule has 1 aliphatic carbocycles. The molecule has 1 aromatic rings. The quantitative estimate of drug-likeness (QED) is 0.627. The summed E-state index contributed by atoms with van der Waals surface area (Å²) in [5, 5.41) is 10.7. The van der Waals surface area contributed by atoms with Gasteiger partial charge in [0.2, 0.25) is 5.95 Å². The lowest BCUT2D eigenvalue weighted by Crippen LogP contribution is -2.66. The van der Waals surface area contributed by atoms with Crippen molar-refractivity contribution in [3.05, 3.63) is 22.5 Å². The van der Waals surface area contributed by atoms with Crippen molar-refractivity contribution in [2.75, 3.05) is 11.4 Å². The van der Waals surface area contributed by atoms with Gasteiger partial charge in [-0.1, -0.05) is 26.7 Å². The second-order valence-electron chi connectivity index (χ2n) is 6.38. The molecular weight excluding hydrogens is 256 g/mol. The van der Waals surface area contributed by atoms with Crippen LogP contribution in [0.15, 0.2) is 12.4 Å². The first kappa shape index (κ1) is 13.3. The Bertz CT molecular complexity index is 508. The lowest BCUT2D eigenvalue weighted by atomic mass is 9.66. The van der Waals surface area contributed by atoms with Gasteiger partial charge in [-0.3, -0.25) is 10.1 Å². The Morgan fingerprint density at radius 1 is 1.35 bits per heavy atom. The average Bonchev–Trinajstić information content (AvgIpc) is 2.86. The Balaban J connectivity index is 1.82. The smallest absolute Gasteiger partial charge is 0.305 e. The van der Waals surface area contributed by atoms with E-state index in [4.69, 9.17) is 0 Å². The van der Waals surface area contributed by atoms with Crippen LogP contribution in [-0.4, -0.2) is 27.5 Å². The fraction of sp³-hybridized carbons (Fsp3) is 0.714. The topological polar surface area (TPSA) is 72.2 Å². The largest absolute Gasteiger partial charge is 0.336 e. The molecule has 6 heteroatoms. The van der Waals surface area contributed by atoms with E-state index in [-0.39, 0.29) is 5.69 Å². The van der Waals surface area contributed by atoms with Crippen LogP contribution >= 0.6 is 0 Å². The van der Waals surface area contributed by atoms with E-state index < -0.39 is 4.92 Å². The van der Waals surface area contributed by atoms with Gasteiger partial charge in [-0.2, -0.15) is 0 Å². The van der Waals surface area contributed by atoms with Crippen LogP contribution in [0.5, 0.6) is 0 Å². The third-order valence-corrected chi connectivity index (χ3v) is 4.77. The molecule has 1 aromatic heterocycles. The molecule has 0 N–H and O–H groups in total. The van der Waals surface area contributed by atoms with Gasteiger partial charge >= 0.3 is 5.69 Å². The van der Waals surface area contributed by atoms with Crippen molar-refractivity contribution in [2.45, 2.75) is 45.6 Å². The standard InChI is InChI=1S/C14H20N4O2/c1-10(2)12-14(5-3-4-6-14)9-17(12)13-15-7-11(8-16-13)18(19)20/h7-8,10,12H,3-6,9H2,1-2H3/t12-/m0/s1. The molecule has 0 bridgehead atoms. The number of nitro groups is 1. The zero-order chi connectivity index (χ0) is 14.3. The number of aromatic nitrogens is 2. The fourth-order valence-corrected chi connectivity index (χ4v) is 4.10. The summed E-state index contributed by atoms with van der Waals surface area (Å²) in [6.07, 6.45) is 7.83. The third-order valence-electron chi connectivity index (χ3n) is 4.77. The molecule has 0 amide bonds. The Morgan fingerprint density at radius 3 is 2.45 bits per heavy atom. The maximum absolute atomic E-state index is 10.7. The monoisotopic (exact) mass is 276 g/mol. The van der Waals surface area contributed by atoms with Gasteiger partial charge in [-0.25, -0.2) is 9.97 Å². The van der Waals surface area contributed by atoms with Gasteiger partial charge in [0.05, 0.1) is 4.92 Å². The van der Waals surface area contributed by atoms with Crippen LogP contribution in [0.4, 0.5) is 11.6 Å². The zero-order valence-corrected chi connectivity index (χ0v) is 12.0. The summed E-state index contributed by atoms with van der Waals surface area (Å²) in [5.41, 5.74) is 0.380. The van der Waals surface area contributed by atoms with Gasteiger partial charge in [-0.05, 0) is 18.8 Å². The van der Waals surface area contributed by atoms with Crippen LogP contribution in [-0.2, 0) is 0 Å². The van der Waals surface area contributed by atoms with Crippen LogP contribution in [0.2, 0.25) is 0 Å². The molecule has 0 radical (unpaired) electrons. The molecule has 1 aliphatic heterocycles. The predicted octanol–water partition coefficient (Wildman–Crippen LogP) is 2.79. The second-order valence-corrected chi connectivity index (χ2v) is 6.38. The molecule has 6 nitrogen and oxygen atoms in total. The molecule has 0 aromatic carbocycles. The summed E-state index contributed by atoms with van der Waals surface area (Å²) < 4.78 is 0. The number of rotatable bonds is 3. The van der Waals surface area contributed by atoms with Gasteiger partial charge in [-0.15, -0.1) is 0 Å². The van der Waals surface area contributed by atoms with E-state index in [9.17, 15) is 10.1 Å². The molecule has 3 rings (SSSR count). The number of nitrogens with zero attached hydrogens (tertiary/aromatic N) is 4. The van der Waals surface area contributed by atoms with E-state index >= 15 is 0 Å². The normalized spacial score (nSPS) is 24.1. The summed E-state index contributed by atoms with van der Waals surface area (Å²) in [7, 11) is 0. The Labute approximate surface area is 118 Å². The minimum Gasteiger partial charge on any atom is -0.336 e. The molecule has 1 saturated heterocycles. The zero-order valence-electron chi connectivity index (χ0n) is 12.0. The van der Waals surface area contributed by atoms with Crippen LogP contribution in [0.3, 0.4) is 0 Å². The number of anilines is 1. The highest BCUT2D eigenvalue weighted by molar-refractivity contribution is 5.42. The molecule has 2 fully saturated rings. The van der Waals surface area contributed by atoms with E-state index in [1.165, 1.54) is 38.1 Å². The van der Waals surface area contributed by atoms with Crippen molar-refractivity contribution in [3.8, 4) is 0 Å². The van der Waals surface area contributed by atoms with E-state index in [1.807, 2.05) is 0 Å². The van der Waals surface area contributed by atoms with E-state index in [0.717, 1.165) is 6.54 Å². The molecule has 1 atom stereocenters. The molecule has 108 valence electrons. The first-order valence-corrected chi connectivity index (χ1v) is 7.27. The summed E-state index contributed by atoms with van der Waals surface area (Å²) in [6, 6.07) is 0.464. The molecule has 1 saturated carbocycles. The van der Waals surface area contributed by atoms with Crippen molar-refractivity contribution in [1.82, 2.24) is 9.97 Å². The third kappa shape index (κ3) is 1.94. The number of hydrogen-bond donors (Lipinski definition) is 0. The van der Waals surface area contributed by atoms with Crippen molar-refractivity contribution < 1.29 is 4.92 Å². The molecular formula is C14H20N4O2. The van der Waals surface area contributed by atoms with E-state index in [0.29, 0.717) is 23.3 Å². The lowest BCUT2D eigenvalue weighted by molar-refractivity contribution is -0.385. The Hall–Kier alpha value is -1.72. The molecule has 20 heavy (non-hydrogen) atoms. The summed E-state index contributed by atoms with van der Waals surface area (Å²) in [6.45, 7) is 5.47. The van der Waals surface area contributed by atoms with Crippen molar-refractivity contribution >= 4 is 11.6 Å². The highest BCUT2D eigenvalue weighted by atomic mass is 16.6.